The Kier molecular flexibility index (Phi) is 15.7. The number of nitrogens with zero attached hydrogens (tertiary/aromatic N) is 1. The van der Waals surface area contributed by atoms with Gasteiger partial charge in [-0.25, -0.2) is 0 Å². The normalized spacial score (nSPS) is 14.3. The quantitative estimate of drug-likeness (QED) is 0.173. The summed E-state index contributed by atoms with van der Waals surface area (Å²) in [6.07, 6.45) is 0. The lowest BCUT2D eigenvalue weighted by Crippen LogP contribution is -2.26. The van der Waals surface area contributed by atoms with Crippen molar-refractivity contribution in [2.75, 3.05) is 10.2 Å². The van der Waals surface area contributed by atoms with Crippen LogP contribution in [0.3, 0.4) is 0 Å². The Hall–Kier alpha value is -14.4. The molecule has 1 N–H and O–H groups in total. The molecule has 26 rings (SSSR count). The van der Waals surface area contributed by atoms with Crippen molar-refractivity contribution in [1.82, 2.24) is 0 Å². The Morgan fingerprint density at radius 1 is 0.240 bits per heavy atom. The number of nitrogens with one attached hydrogen (secondary N) is 1. The van der Waals surface area contributed by atoms with Gasteiger partial charge in [0.15, 0.2) is 0 Å². The van der Waals surface area contributed by atoms with Crippen LogP contribution in [0, 0.1) is 0 Å². The number of benzene rings is 18. The van der Waals surface area contributed by atoms with Crippen LogP contribution >= 0.6 is 15.9 Å². The van der Waals surface area contributed by atoms with Crippen LogP contribution in [0.25, 0.3) is 133 Å². The first-order chi connectivity index (χ1) is 59.5. The molecule has 2 aromatic heterocycles. The lowest BCUT2D eigenvalue weighted by molar-refractivity contribution is 0.660. The lowest BCUT2D eigenvalue weighted by atomic mass is 9.70. The van der Waals surface area contributed by atoms with Gasteiger partial charge in [-0.05, 0) is 230 Å². The maximum Gasteiger partial charge on any atom is 0.137 e. The van der Waals surface area contributed by atoms with E-state index >= 15 is 0 Å². The van der Waals surface area contributed by atoms with E-state index in [4.69, 9.17) is 8.83 Å². The largest absolute Gasteiger partial charge is 0.456 e. The zero-order valence-corrected chi connectivity index (χ0v) is 68.8. The molecule has 0 amide bonds. The molecule has 0 saturated carbocycles. The average Bonchev–Trinajstić information content (AvgIpc) is 1.51. The van der Waals surface area contributed by atoms with E-state index in [-0.39, 0.29) is 16.2 Å². The minimum absolute atomic E-state index is 0.00202. The standard InChI is InChI=1S/C58H39NO.C31H19Br.C27H21NO/c1-57(2)45-22-10-8-20-43(45)55-48(57)25-14-26-51(55)59(52-27-15-29-54-56(52)44-21-9-13-28-53(44)60-54)38-31-33-42-41-32-30-37(36-16-4-3-5-17-36)34-49(41)58(50(42)35-38)46-23-11-6-18-39(46)40-19-7-12-24-47(40)58;32-22-15-17-26-25-16-14-21(20-8-2-1-3-9-20)18-29(25)31(30(26)19-22)27-12-6-4-10-23(27)24-11-5-7-13-28(24)31;1-27(2)19-11-5-3-9-17(19)25-20(27)12-7-13-21(25)28-22-14-8-16-24-26(22)18-10-4-6-15-23(18)29-24/h3-35H,1-2H3;1-19H;3-16,28H,1-2H3. The summed E-state index contributed by atoms with van der Waals surface area (Å²) in [7, 11) is 0. The van der Waals surface area contributed by atoms with Crippen molar-refractivity contribution < 1.29 is 8.83 Å². The molecule has 20 aromatic rings. The van der Waals surface area contributed by atoms with Crippen LogP contribution in [0.4, 0.5) is 28.4 Å². The average molecular weight is 1610 g/mol. The number of hydrogen-bond acceptors (Lipinski definition) is 4. The van der Waals surface area contributed by atoms with E-state index < -0.39 is 5.41 Å². The molecule has 0 radical (unpaired) electrons. The Bertz CT molecular complexity index is 7640. The van der Waals surface area contributed by atoms with Gasteiger partial charge >= 0.3 is 0 Å². The topological polar surface area (TPSA) is 41.6 Å². The van der Waals surface area contributed by atoms with Gasteiger partial charge < -0.3 is 19.1 Å². The highest BCUT2D eigenvalue weighted by Crippen LogP contribution is 2.67. The third-order valence-electron chi connectivity index (χ3n) is 27.3. The van der Waals surface area contributed by atoms with Crippen molar-refractivity contribution in [2.45, 2.75) is 49.4 Å². The first kappa shape index (κ1) is 70.8. The van der Waals surface area contributed by atoms with Gasteiger partial charge in [-0.15, -0.1) is 0 Å². The fourth-order valence-corrected chi connectivity index (χ4v) is 22.5. The number of rotatable bonds is 7. The zero-order chi connectivity index (χ0) is 80.6. The molecule has 6 aliphatic carbocycles. The van der Waals surface area contributed by atoms with Crippen molar-refractivity contribution in [3.05, 3.63) is 472 Å². The predicted octanol–water partition coefficient (Wildman–Crippen LogP) is 31.5. The number of halogens is 1. The molecule has 2 heterocycles. The van der Waals surface area contributed by atoms with Crippen LogP contribution in [0.2, 0.25) is 0 Å². The maximum absolute atomic E-state index is 6.59. The molecule has 0 saturated heterocycles. The number of fused-ring (bicyclic) bond motifs is 32. The summed E-state index contributed by atoms with van der Waals surface area (Å²) < 4.78 is 13.8. The summed E-state index contributed by atoms with van der Waals surface area (Å²) in [6, 6.07) is 146. The summed E-state index contributed by atoms with van der Waals surface area (Å²) in [4.78, 5) is 2.53. The lowest BCUT2D eigenvalue weighted by Gasteiger charge is -2.33. The Labute approximate surface area is 712 Å². The summed E-state index contributed by atoms with van der Waals surface area (Å²) >= 11 is 3.77. The molecule has 0 aliphatic heterocycles. The van der Waals surface area contributed by atoms with E-state index in [1.165, 1.54) is 156 Å². The van der Waals surface area contributed by atoms with Gasteiger partial charge in [0.25, 0.3) is 0 Å². The minimum Gasteiger partial charge on any atom is -0.456 e. The second kappa shape index (κ2) is 26.8. The molecule has 0 atom stereocenters. The molecule has 2 spiro atoms. The first-order valence-corrected chi connectivity index (χ1v) is 42.8. The third kappa shape index (κ3) is 10.2. The number of para-hydroxylation sites is 2. The second-order valence-electron chi connectivity index (χ2n) is 34.1. The van der Waals surface area contributed by atoms with Crippen molar-refractivity contribution in [2.24, 2.45) is 0 Å². The van der Waals surface area contributed by atoms with E-state index in [2.05, 4.69) is 430 Å². The fraction of sp³-hybridized carbons (Fsp3) is 0.0690. The van der Waals surface area contributed by atoms with Crippen LogP contribution in [0.15, 0.2) is 414 Å². The Morgan fingerprint density at radius 3 is 1.13 bits per heavy atom. The minimum atomic E-state index is -0.522. The van der Waals surface area contributed by atoms with Crippen LogP contribution in [-0.4, -0.2) is 0 Å². The summed E-state index contributed by atoms with van der Waals surface area (Å²) in [5.41, 5.74) is 45.1. The molecular formula is C116H79BrN2O2. The van der Waals surface area contributed by atoms with Gasteiger partial charge in [0.05, 0.1) is 38.7 Å². The number of furan rings is 2. The van der Waals surface area contributed by atoms with Gasteiger partial charge in [-0.3, -0.25) is 0 Å². The highest BCUT2D eigenvalue weighted by Gasteiger charge is 2.54. The predicted molar refractivity (Wildman–Crippen MR) is 505 cm³/mol. The molecule has 4 nitrogen and oxygen atoms in total. The monoisotopic (exact) mass is 1610 g/mol. The molecule has 572 valence electrons. The molecule has 18 aromatic carbocycles. The molecule has 0 unspecified atom stereocenters. The molecule has 121 heavy (non-hydrogen) atoms. The van der Waals surface area contributed by atoms with Crippen LogP contribution in [0.5, 0.6) is 0 Å². The molecule has 5 heteroatoms. The van der Waals surface area contributed by atoms with Gasteiger partial charge in [0.2, 0.25) is 0 Å². The number of hydrogen-bond donors (Lipinski definition) is 1. The van der Waals surface area contributed by atoms with E-state index in [1.54, 1.807) is 0 Å². The van der Waals surface area contributed by atoms with Gasteiger partial charge in [-0.1, -0.05) is 359 Å². The Morgan fingerprint density at radius 2 is 0.595 bits per heavy atom. The highest BCUT2D eigenvalue weighted by molar-refractivity contribution is 9.10. The van der Waals surface area contributed by atoms with Gasteiger partial charge in [0, 0.05) is 48.6 Å². The van der Waals surface area contributed by atoms with Gasteiger partial charge in [-0.2, -0.15) is 0 Å². The van der Waals surface area contributed by atoms with E-state index in [9.17, 15) is 0 Å². The van der Waals surface area contributed by atoms with Crippen molar-refractivity contribution in [3.63, 3.8) is 0 Å². The van der Waals surface area contributed by atoms with Crippen LogP contribution < -0.4 is 10.2 Å². The van der Waals surface area contributed by atoms with Crippen LogP contribution in [0.1, 0.15) is 94.5 Å². The van der Waals surface area contributed by atoms with E-state index in [0.29, 0.717) is 0 Å². The smallest absolute Gasteiger partial charge is 0.137 e. The fourth-order valence-electron chi connectivity index (χ4n) is 22.2. The van der Waals surface area contributed by atoms with Gasteiger partial charge in [0.1, 0.15) is 22.3 Å². The van der Waals surface area contributed by atoms with Crippen molar-refractivity contribution in [3.8, 4) is 89.0 Å². The molecular weight excluding hydrogens is 1530 g/mol. The van der Waals surface area contributed by atoms with E-state index in [0.717, 1.165) is 76.8 Å². The van der Waals surface area contributed by atoms with Crippen molar-refractivity contribution >= 4 is 88.2 Å². The second-order valence-corrected chi connectivity index (χ2v) is 35.0. The summed E-state index contributed by atoms with van der Waals surface area (Å²) in [5.74, 6) is 0. The first-order valence-electron chi connectivity index (χ1n) is 42.0. The van der Waals surface area contributed by atoms with E-state index in [1.807, 2.05) is 24.3 Å². The summed E-state index contributed by atoms with van der Waals surface area (Å²) in [5, 5.41) is 8.23. The summed E-state index contributed by atoms with van der Waals surface area (Å²) in [6.45, 7) is 9.35. The number of anilines is 5. The molecule has 6 aliphatic rings. The highest BCUT2D eigenvalue weighted by atomic mass is 79.9. The maximum atomic E-state index is 6.59. The zero-order valence-electron chi connectivity index (χ0n) is 67.2. The van der Waals surface area contributed by atoms with Crippen molar-refractivity contribution in [1.29, 1.82) is 0 Å². The van der Waals surface area contributed by atoms with Crippen LogP contribution in [-0.2, 0) is 21.7 Å². The SMILES string of the molecule is Brc1ccc2c(c1)C1(c3ccccc3-c3ccccc31)c1cc(-c3ccccc3)ccc1-2.CC1(C)c2ccccc2-c2c(N(c3ccc4c(c3)C3(c5ccccc5-c5ccccc53)c3cc(-c5ccccc5)ccc3-4)c3cccc4oc5ccccc5c34)cccc21.CC1(C)c2ccccc2-c2c(Nc3cccc4oc5ccccc5c34)cccc21. The third-order valence-corrected chi connectivity index (χ3v) is 27.8. The Balaban J connectivity index is 0.000000114. The molecule has 0 fully saturated rings. The molecule has 0 bridgehead atoms.